The summed E-state index contributed by atoms with van der Waals surface area (Å²) in [6.45, 7) is 0.693. The first-order chi connectivity index (χ1) is 7.31. The SMILES string of the molecule is NCCc1csc(-c2ccccc2Cl)c1. The van der Waals surface area contributed by atoms with Crippen LogP contribution in [0, 0.1) is 0 Å². The molecule has 1 aromatic heterocycles. The highest BCUT2D eigenvalue weighted by Gasteiger charge is 2.05. The number of benzene rings is 1. The maximum atomic E-state index is 6.13. The molecule has 0 saturated carbocycles. The average Bonchev–Trinajstić information content (AvgIpc) is 2.68. The molecule has 0 bridgehead atoms. The molecule has 0 atom stereocenters. The van der Waals surface area contributed by atoms with Gasteiger partial charge in [-0.25, -0.2) is 0 Å². The Bertz CT molecular complexity index is 450. The Morgan fingerprint density at radius 1 is 1.27 bits per heavy atom. The molecule has 2 N–H and O–H groups in total. The topological polar surface area (TPSA) is 26.0 Å². The summed E-state index contributed by atoms with van der Waals surface area (Å²) in [7, 11) is 0. The fourth-order valence-electron chi connectivity index (χ4n) is 1.48. The van der Waals surface area contributed by atoms with Gasteiger partial charge in [0.2, 0.25) is 0 Å². The largest absolute Gasteiger partial charge is 0.330 e. The van der Waals surface area contributed by atoms with Gasteiger partial charge in [-0.3, -0.25) is 0 Å². The molecule has 0 radical (unpaired) electrons. The van der Waals surface area contributed by atoms with Gasteiger partial charge < -0.3 is 5.73 Å². The molecule has 0 aliphatic heterocycles. The van der Waals surface area contributed by atoms with Crippen molar-refractivity contribution >= 4 is 22.9 Å². The number of hydrogen-bond acceptors (Lipinski definition) is 2. The number of nitrogens with two attached hydrogens (primary N) is 1. The molecule has 0 unspecified atom stereocenters. The van der Waals surface area contributed by atoms with E-state index >= 15 is 0 Å². The minimum absolute atomic E-state index is 0.693. The molecule has 0 aliphatic rings. The third kappa shape index (κ3) is 2.40. The van der Waals surface area contributed by atoms with Crippen LogP contribution in [0.4, 0.5) is 0 Å². The molecule has 0 saturated heterocycles. The van der Waals surface area contributed by atoms with Gasteiger partial charge >= 0.3 is 0 Å². The van der Waals surface area contributed by atoms with Crippen molar-refractivity contribution in [3.8, 4) is 10.4 Å². The Morgan fingerprint density at radius 3 is 2.80 bits per heavy atom. The zero-order chi connectivity index (χ0) is 10.7. The Balaban J connectivity index is 2.33. The van der Waals surface area contributed by atoms with Gasteiger partial charge in [-0.15, -0.1) is 11.3 Å². The second kappa shape index (κ2) is 4.79. The smallest absolute Gasteiger partial charge is 0.0492 e. The molecule has 1 heterocycles. The highest BCUT2D eigenvalue weighted by atomic mass is 35.5. The summed E-state index contributed by atoms with van der Waals surface area (Å²) in [6, 6.07) is 10.1. The molecule has 3 heteroatoms. The average molecular weight is 238 g/mol. The molecule has 1 nitrogen and oxygen atoms in total. The van der Waals surface area contributed by atoms with Crippen LogP contribution in [0.1, 0.15) is 5.56 Å². The van der Waals surface area contributed by atoms with E-state index in [0.29, 0.717) is 6.54 Å². The Labute approximate surface area is 98.5 Å². The highest BCUT2D eigenvalue weighted by Crippen LogP contribution is 2.32. The normalized spacial score (nSPS) is 10.5. The van der Waals surface area contributed by atoms with Gasteiger partial charge in [0.25, 0.3) is 0 Å². The lowest BCUT2D eigenvalue weighted by molar-refractivity contribution is 0.974. The lowest BCUT2D eigenvalue weighted by atomic mass is 10.1. The van der Waals surface area contributed by atoms with Gasteiger partial charge in [-0.1, -0.05) is 29.8 Å². The van der Waals surface area contributed by atoms with Crippen molar-refractivity contribution in [1.29, 1.82) is 0 Å². The van der Waals surface area contributed by atoms with E-state index in [2.05, 4.69) is 11.4 Å². The molecule has 15 heavy (non-hydrogen) atoms. The molecule has 0 aliphatic carbocycles. The van der Waals surface area contributed by atoms with E-state index < -0.39 is 0 Å². The monoisotopic (exact) mass is 237 g/mol. The predicted molar refractivity (Wildman–Crippen MR) is 67.5 cm³/mol. The van der Waals surface area contributed by atoms with Crippen LogP contribution in [0.2, 0.25) is 5.02 Å². The van der Waals surface area contributed by atoms with Gasteiger partial charge in [-0.2, -0.15) is 0 Å². The lowest BCUT2D eigenvalue weighted by Gasteiger charge is -1.99. The van der Waals surface area contributed by atoms with Gasteiger partial charge in [-0.05, 0) is 36.0 Å². The standard InChI is InChI=1S/C12H12ClNS/c13-11-4-2-1-3-10(11)12-7-9(5-6-14)8-15-12/h1-4,7-8H,5-6,14H2. The summed E-state index contributed by atoms with van der Waals surface area (Å²) in [6.07, 6.45) is 0.932. The second-order valence-electron chi connectivity index (χ2n) is 3.34. The second-order valence-corrected chi connectivity index (χ2v) is 4.66. The van der Waals surface area contributed by atoms with Gasteiger partial charge in [0, 0.05) is 15.5 Å². The summed E-state index contributed by atoms with van der Waals surface area (Å²) in [4.78, 5) is 1.21. The quantitative estimate of drug-likeness (QED) is 0.868. The first-order valence-electron chi connectivity index (χ1n) is 4.83. The Hall–Kier alpha value is -0.830. The molecule has 78 valence electrons. The van der Waals surface area contributed by atoms with Crippen molar-refractivity contribution in [3.63, 3.8) is 0 Å². The maximum Gasteiger partial charge on any atom is 0.0492 e. The van der Waals surface area contributed by atoms with Crippen molar-refractivity contribution < 1.29 is 0 Å². The van der Waals surface area contributed by atoms with Crippen LogP contribution in [0.25, 0.3) is 10.4 Å². The summed E-state index contributed by atoms with van der Waals surface area (Å²) >= 11 is 7.84. The van der Waals surface area contributed by atoms with E-state index in [0.717, 1.165) is 17.0 Å². The summed E-state index contributed by atoms with van der Waals surface area (Å²) in [5.41, 5.74) is 7.91. The predicted octanol–water partition coefficient (Wildman–Crippen LogP) is 3.57. The number of thiophene rings is 1. The van der Waals surface area contributed by atoms with Crippen molar-refractivity contribution in [2.45, 2.75) is 6.42 Å². The van der Waals surface area contributed by atoms with Crippen LogP contribution >= 0.6 is 22.9 Å². The van der Waals surface area contributed by atoms with E-state index in [1.807, 2.05) is 24.3 Å². The Kier molecular flexibility index (Phi) is 3.41. The first kappa shape index (κ1) is 10.7. The van der Waals surface area contributed by atoms with Crippen molar-refractivity contribution in [1.82, 2.24) is 0 Å². The number of hydrogen-bond donors (Lipinski definition) is 1. The summed E-state index contributed by atoms with van der Waals surface area (Å²) in [5, 5.41) is 2.95. The molecule has 2 rings (SSSR count). The molecular formula is C12H12ClNS. The minimum atomic E-state index is 0.693. The van der Waals surface area contributed by atoms with Crippen LogP contribution in [0.15, 0.2) is 35.7 Å². The van der Waals surface area contributed by atoms with Crippen LogP contribution in [0.3, 0.4) is 0 Å². The zero-order valence-electron chi connectivity index (χ0n) is 8.24. The van der Waals surface area contributed by atoms with Crippen molar-refractivity contribution in [2.75, 3.05) is 6.54 Å². The van der Waals surface area contributed by atoms with E-state index in [-0.39, 0.29) is 0 Å². The minimum Gasteiger partial charge on any atom is -0.330 e. The fraction of sp³-hybridized carbons (Fsp3) is 0.167. The summed E-state index contributed by atoms with van der Waals surface area (Å²) < 4.78 is 0. The van der Waals surface area contributed by atoms with Crippen LogP contribution < -0.4 is 5.73 Å². The van der Waals surface area contributed by atoms with Gasteiger partial charge in [0.1, 0.15) is 0 Å². The van der Waals surface area contributed by atoms with Crippen LogP contribution in [-0.4, -0.2) is 6.54 Å². The van der Waals surface area contributed by atoms with Gasteiger partial charge in [0.05, 0.1) is 0 Å². The first-order valence-corrected chi connectivity index (χ1v) is 6.09. The van der Waals surface area contributed by atoms with Crippen molar-refractivity contribution in [2.24, 2.45) is 5.73 Å². The van der Waals surface area contributed by atoms with Crippen LogP contribution in [-0.2, 0) is 6.42 Å². The van der Waals surface area contributed by atoms with Crippen LogP contribution in [0.5, 0.6) is 0 Å². The lowest BCUT2D eigenvalue weighted by Crippen LogP contribution is -2.01. The molecule has 2 aromatic rings. The number of rotatable bonds is 3. The van der Waals surface area contributed by atoms with Gasteiger partial charge in [0.15, 0.2) is 0 Å². The molecule has 1 aromatic carbocycles. The van der Waals surface area contributed by atoms with E-state index in [9.17, 15) is 0 Å². The maximum absolute atomic E-state index is 6.13. The zero-order valence-corrected chi connectivity index (χ0v) is 9.81. The number of halogens is 1. The van der Waals surface area contributed by atoms with E-state index in [4.69, 9.17) is 17.3 Å². The molecular weight excluding hydrogens is 226 g/mol. The molecule has 0 spiro atoms. The highest BCUT2D eigenvalue weighted by molar-refractivity contribution is 7.13. The third-order valence-electron chi connectivity index (χ3n) is 2.23. The Morgan fingerprint density at radius 2 is 2.07 bits per heavy atom. The fourth-order valence-corrected chi connectivity index (χ4v) is 2.76. The molecule has 0 amide bonds. The van der Waals surface area contributed by atoms with E-state index in [1.54, 1.807) is 11.3 Å². The van der Waals surface area contributed by atoms with Crippen molar-refractivity contribution in [3.05, 3.63) is 46.3 Å². The third-order valence-corrected chi connectivity index (χ3v) is 3.57. The molecule has 0 fully saturated rings. The van der Waals surface area contributed by atoms with E-state index in [1.165, 1.54) is 10.4 Å². The summed E-state index contributed by atoms with van der Waals surface area (Å²) in [5.74, 6) is 0.